The Kier molecular flexibility index (Phi) is 3.82. The van der Waals surface area contributed by atoms with Gasteiger partial charge in [0.25, 0.3) is 0 Å². The molecule has 1 saturated carbocycles. The van der Waals surface area contributed by atoms with Crippen LogP contribution in [0.5, 0.6) is 0 Å². The number of nitrogens with zero attached hydrogens (tertiary/aromatic N) is 1. The van der Waals surface area contributed by atoms with Crippen molar-refractivity contribution in [1.29, 1.82) is 0 Å². The van der Waals surface area contributed by atoms with Crippen LogP contribution in [0.15, 0.2) is 18.3 Å². The van der Waals surface area contributed by atoms with Gasteiger partial charge in [-0.3, -0.25) is 4.98 Å². The van der Waals surface area contributed by atoms with Crippen LogP contribution in [0.3, 0.4) is 0 Å². The summed E-state index contributed by atoms with van der Waals surface area (Å²) in [6.07, 6.45) is 5.00. The topological polar surface area (TPSA) is 33.1 Å². The summed E-state index contributed by atoms with van der Waals surface area (Å²) in [7, 11) is 0. The molecule has 0 aromatic carbocycles. The first-order chi connectivity index (χ1) is 8.08. The number of aromatic nitrogens is 1. The minimum absolute atomic E-state index is 0.335. The van der Waals surface area contributed by atoms with Crippen LogP contribution in [0.1, 0.15) is 50.5 Å². The molecule has 1 aliphatic carbocycles. The highest BCUT2D eigenvalue weighted by Gasteiger charge is 2.29. The first-order valence-corrected chi connectivity index (χ1v) is 6.68. The van der Waals surface area contributed by atoms with Crippen LogP contribution in [0.2, 0.25) is 0 Å². The Morgan fingerprint density at radius 3 is 2.59 bits per heavy atom. The van der Waals surface area contributed by atoms with E-state index in [2.05, 4.69) is 18.8 Å². The zero-order chi connectivity index (χ0) is 12.4. The lowest BCUT2D eigenvalue weighted by atomic mass is 9.73. The van der Waals surface area contributed by atoms with E-state index in [1.807, 2.05) is 25.3 Å². The molecule has 0 saturated heterocycles. The molecule has 94 valence electrons. The van der Waals surface area contributed by atoms with Crippen LogP contribution >= 0.6 is 0 Å². The standard InChI is InChI=1S/C15H23NO/c1-10-4-6-13(8-11(10)2)15(17)14-7-5-12(3)16-9-14/h5,7,9-11,13,15,17H,4,6,8H2,1-3H3. The minimum Gasteiger partial charge on any atom is -0.388 e. The molecule has 4 unspecified atom stereocenters. The fourth-order valence-corrected chi connectivity index (χ4v) is 2.80. The second-order valence-electron chi connectivity index (χ2n) is 5.71. The minimum atomic E-state index is -0.335. The van der Waals surface area contributed by atoms with E-state index in [0.29, 0.717) is 5.92 Å². The summed E-state index contributed by atoms with van der Waals surface area (Å²) in [6, 6.07) is 3.99. The average molecular weight is 233 g/mol. The first kappa shape index (κ1) is 12.6. The smallest absolute Gasteiger partial charge is 0.0833 e. The molecule has 1 aliphatic rings. The van der Waals surface area contributed by atoms with Crippen LogP contribution < -0.4 is 0 Å². The van der Waals surface area contributed by atoms with Gasteiger partial charge in [-0.15, -0.1) is 0 Å². The lowest BCUT2D eigenvalue weighted by molar-refractivity contribution is 0.0558. The van der Waals surface area contributed by atoms with Crippen molar-refractivity contribution in [3.8, 4) is 0 Å². The van der Waals surface area contributed by atoms with Gasteiger partial charge in [-0.05, 0) is 49.1 Å². The molecular weight excluding hydrogens is 210 g/mol. The number of aliphatic hydroxyl groups is 1. The van der Waals surface area contributed by atoms with Crippen LogP contribution in [0, 0.1) is 24.7 Å². The molecule has 1 N–H and O–H groups in total. The van der Waals surface area contributed by atoms with E-state index in [4.69, 9.17) is 0 Å². The maximum atomic E-state index is 10.4. The summed E-state index contributed by atoms with van der Waals surface area (Å²) in [6.45, 7) is 6.60. The van der Waals surface area contributed by atoms with Gasteiger partial charge in [-0.1, -0.05) is 26.3 Å². The van der Waals surface area contributed by atoms with Crippen molar-refractivity contribution in [2.75, 3.05) is 0 Å². The maximum Gasteiger partial charge on any atom is 0.0833 e. The average Bonchev–Trinajstić information content (AvgIpc) is 2.33. The third-order valence-corrected chi connectivity index (χ3v) is 4.36. The Bertz CT molecular complexity index is 360. The molecule has 1 aromatic heterocycles. The molecule has 2 nitrogen and oxygen atoms in total. The molecular formula is C15H23NO. The van der Waals surface area contributed by atoms with E-state index in [1.54, 1.807) is 0 Å². The molecule has 0 spiro atoms. The Labute approximate surface area is 104 Å². The SMILES string of the molecule is Cc1ccc(C(O)C2CCC(C)C(C)C2)cn1. The van der Waals surface area contributed by atoms with Gasteiger partial charge < -0.3 is 5.11 Å². The molecule has 0 amide bonds. The van der Waals surface area contributed by atoms with E-state index < -0.39 is 0 Å². The normalized spacial score (nSPS) is 31.2. The molecule has 2 rings (SSSR count). The zero-order valence-corrected chi connectivity index (χ0v) is 11.1. The monoisotopic (exact) mass is 233 g/mol. The third-order valence-electron chi connectivity index (χ3n) is 4.36. The van der Waals surface area contributed by atoms with E-state index >= 15 is 0 Å². The Morgan fingerprint density at radius 2 is 2.00 bits per heavy atom. The number of aryl methyl sites for hydroxylation is 1. The predicted molar refractivity (Wildman–Crippen MR) is 69.6 cm³/mol. The van der Waals surface area contributed by atoms with Gasteiger partial charge in [0.2, 0.25) is 0 Å². The van der Waals surface area contributed by atoms with Crippen molar-refractivity contribution in [3.63, 3.8) is 0 Å². The molecule has 2 heteroatoms. The Morgan fingerprint density at radius 1 is 1.24 bits per heavy atom. The summed E-state index contributed by atoms with van der Waals surface area (Å²) < 4.78 is 0. The quantitative estimate of drug-likeness (QED) is 0.848. The van der Waals surface area contributed by atoms with Gasteiger partial charge in [0.05, 0.1) is 6.10 Å². The lowest BCUT2D eigenvalue weighted by Gasteiger charge is -2.34. The van der Waals surface area contributed by atoms with E-state index in [1.165, 1.54) is 6.42 Å². The fraction of sp³-hybridized carbons (Fsp3) is 0.667. The summed E-state index contributed by atoms with van der Waals surface area (Å²) in [5.74, 6) is 1.93. The number of aliphatic hydroxyl groups excluding tert-OH is 1. The second kappa shape index (κ2) is 5.18. The molecule has 1 fully saturated rings. The Hall–Kier alpha value is -0.890. The van der Waals surface area contributed by atoms with Crippen LogP contribution in [0.4, 0.5) is 0 Å². The van der Waals surface area contributed by atoms with Gasteiger partial charge in [0, 0.05) is 11.9 Å². The van der Waals surface area contributed by atoms with Gasteiger partial charge in [0.1, 0.15) is 0 Å². The van der Waals surface area contributed by atoms with Crippen molar-refractivity contribution in [3.05, 3.63) is 29.6 Å². The number of rotatable bonds is 2. The Balaban J connectivity index is 2.05. The van der Waals surface area contributed by atoms with Crippen LogP contribution in [-0.2, 0) is 0 Å². The van der Waals surface area contributed by atoms with Crippen molar-refractivity contribution >= 4 is 0 Å². The second-order valence-corrected chi connectivity index (χ2v) is 5.71. The fourth-order valence-electron chi connectivity index (χ4n) is 2.80. The summed E-state index contributed by atoms with van der Waals surface area (Å²) in [5.41, 5.74) is 1.98. The summed E-state index contributed by atoms with van der Waals surface area (Å²) in [4.78, 5) is 4.27. The number of hydrogen-bond donors (Lipinski definition) is 1. The number of hydrogen-bond acceptors (Lipinski definition) is 2. The molecule has 0 radical (unpaired) electrons. The summed E-state index contributed by atoms with van der Waals surface area (Å²) >= 11 is 0. The molecule has 17 heavy (non-hydrogen) atoms. The van der Waals surface area contributed by atoms with Gasteiger partial charge in [-0.25, -0.2) is 0 Å². The molecule has 0 aliphatic heterocycles. The van der Waals surface area contributed by atoms with Gasteiger partial charge in [-0.2, -0.15) is 0 Å². The van der Waals surface area contributed by atoms with Crippen molar-refractivity contribution < 1.29 is 5.11 Å². The highest BCUT2D eigenvalue weighted by Crippen LogP contribution is 2.39. The van der Waals surface area contributed by atoms with E-state index in [0.717, 1.165) is 35.9 Å². The largest absolute Gasteiger partial charge is 0.388 e. The van der Waals surface area contributed by atoms with E-state index in [-0.39, 0.29) is 6.10 Å². The van der Waals surface area contributed by atoms with Crippen LogP contribution in [0.25, 0.3) is 0 Å². The van der Waals surface area contributed by atoms with Gasteiger partial charge in [0.15, 0.2) is 0 Å². The molecule has 1 aromatic rings. The lowest BCUT2D eigenvalue weighted by Crippen LogP contribution is -2.25. The molecule has 1 heterocycles. The van der Waals surface area contributed by atoms with E-state index in [9.17, 15) is 5.11 Å². The van der Waals surface area contributed by atoms with Crippen molar-refractivity contribution in [2.45, 2.75) is 46.1 Å². The zero-order valence-electron chi connectivity index (χ0n) is 11.1. The van der Waals surface area contributed by atoms with Crippen molar-refractivity contribution in [1.82, 2.24) is 4.98 Å². The first-order valence-electron chi connectivity index (χ1n) is 6.68. The molecule has 0 bridgehead atoms. The van der Waals surface area contributed by atoms with Crippen molar-refractivity contribution in [2.24, 2.45) is 17.8 Å². The highest BCUT2D eigenvalue weighted by atomic mass is 16.3. The van der Waals surface area contributed by atoms with Crippen LogP contribution in [-0.4, -0.2) is 10.1 Å². The highest BCUT2D eigenvalue weighted by molar-refractivity contribution is 5.16. The predicted octanol–water partition coefficient (Wildman–Crippen LogP) is 3.50. The molecule has 4 atom stereocenters. The maximum absolute atomic E-state index is 10.4. The third kappa shape index (κ3) is 2.86. The number of pyridine rings is 1. The summed E-state index contributed by atoms with van der Waals surface area (Å²) in [5, 5.41) is 10.4. The van der Waals surface area contributed by atoms with Gasteiger partial charge >= 0.3 is 0 Å².